The lowest BCUT2D eigenvalue weighted by atomic mass is 10.1. The minimum Gasteiger partial charge on any atom is -0.324 e. The molecule has 0 aliphatic heterocycles. The van der Waals surface area contributed by atoms with Crippen molar-refractivity contribution in [2.75, 3.05) is 11.1 Å². The van der Waals surface area contributed by atoms with Gasteiger partial charge in [-0.3, -0.25) is 9.36 Å². The number of rotatable bonds is 8. The minimum atomic E-state index is -0.202. The fourth-order valence-corrected chi connectivity index (χ4v) is 4.57. The number of halogens is 2. The number of benzene rings is 1. The monoisotopic (exact) mass is 466 g/mol. The Morgan fingerprint density at radius 2 is 2.14 bits per heavy atom. The van der Waals surface area contributed by atoms with E-state index < -0.39 is 0 Å². The van der Waals surface area contributed by atoms with Crippen molar-refractivity contribution in [1.82, 2.24) is 14.8 Å². The molecule has 3 aromatic rings. The van der Waals surface area contributed by atoms with E-state index in [0.29, 0.717) is 33.4 Å². The summed E-state index contributed by atoms with van der Waals surface area (Å²) < 4.78 is 1.96. The number of hydrogen-bond acceptors (Lipinski definition) is 5. The topological polar surface area (TPSA) is 59.8 Å². The van der Waals surface area contributed by atoms with Gasteiger partial charge in [0.25, 0.3) is 0 Å². The van der Waals surface area contributed by atoms with Crippen molar-refractivity contribution >= 4 is 57.9 Å². The number of anilines is 1. The predicted octanol–water partition coefficient (Wildman–Crippen LogP) is 6.35. The number of thioether (sulfide) groups is 1. The van der Waals surface area contributed by atoms with Gasteiger partial charge in [-0.2, -0.15) is 0 Å². The van der Waals surface area contributed by atoms with Crippen LogP contribution in [0.2, 0.25) is 10.0 Å². The molecule has 1 aromatic carbocycles. The Kier molecular flexibility index (Phi) is 7.40. The molecular formula is C20H20Cl2N4OS2. The van der Waals surface area contributed by atoms with Crippen LogP contribution in [0.25, 0.3) is 11.4 Å². The highest BCUT2D eigenvalue weighted by atomic mass is 35.5. The Morgan fingerprint density at radius 3 is 2.83 bits per heavy atom. The van der Waals surface area contributed by atoms with Gasteiger partial charge in [0.05, 0.1) is 16.5 Å². The zero-order valence-corrected chi connectivity index (χ0v) is 19.1. The lowest BCUT2D eigenvalue weighted by molar-refractivity contribution is -0.113. The number of nitrogens with one attached hydrogen (secondary N) is 1. The largest absolute Gasteiger partial charge is 0.324 e. The molecule has 3 rings (SSSR count). The summed E-state index contributed by atoms with van der Waals surface area (Å²) in [6, 6.07) is 7.07. The van der Waals surface area contributed by atoms with Crippen LogP contribution in [-0.2, 0) is 11.3 Å². The maximum Gasteiger partial charge on any atom is 0.234 e. The highest BCUT2D eigenvalue weighted by molar-refractivity contribution is 7.99. The fourth-order valence-electron chi connectivity index (χ4n) is 2.59. The molecular weight excluding hydrogens is 447 g/mol. The Balaban J connectivity index is 1.73. The molecule has 0 radical (unpaired) electrons. The van der Waals surface area contributed by atoms with Crippen molar-refractivity contribution in [1.29, 1.82) is 0 Å². The first-order valence-electron chi connectivity index (χ1n) is 8.89. The van der Waals surface area contributed by atoms with E-state index in [4.69, 9.17) is 23.2 Å². The lowest BCUT2D eigenvalue weighted by Crippen LogP contribution is -2.15. The molecule has 0 atom stereocenters. The van der Waals surface area contributed by atoms with Crippen LogP contribution in [0, 0.1) is 0 Å². The number of carbonyl (C=O) groups excluding carboxylic acids is 1. The van der Waals surface area contributed by atoms with Gasteiger partial charge in [0, 0.05) is 27.4 Å². The van der Waals surface area contributed by atoms with E-state index in [0.717, 1.165) is 11.4 Å². The van der Waals surface area contributed by atoms with Crippen LogP contribution in [0.1, 0.15) is 24.6 Å². The Labute approximate surface area is 188 Å². The lowest BCUT2D eigenvalue weighted by Gasteiger charge is -2.09. The first-order chi connectivity index (χ1) is 13.9. The van der Waals surface area contributed by atoms with E-state index in [2.05, 4.69) is 47.4 Å². The summed E-state index contributed by atoms with van der Waals surface area (Å²) >= 11 is 15.1. The fraction of sp³-hybridized carbons (Fsp3) is 0.250. The zero-order valence-electron chi connectivity index (χ0n) is 16.0. The van der Waals surface area contributed by atoms with Crippen LogP contribution in [-0.4, -0.2) is 26.4 Å². The minimum absolute atomic E-state index is 0.166. The third-order valence-corrected chi connectivity index (χ3v) is 6.77. The second-order valence-electron chi connectivity index (χ2n) is 6.56. The molecule has 0 spiro atoms. The summed E-state index contributed by atoms with van der Waals surface area (Å²) in [5.74, 6) is 1.19. The summed E-state index contributed by atoms with van der Waals surface area (Å²) in [5.41, 5.74) is 1.51. The summed E-state index contributed by atoms with van der Waals surface area (Å²) in [7, 11) is 0. The average Bonchev–Trinajstić information content (AvgIpc) is 3.30. The van der Waals surface area contributed by atoms with Crippen LogP contribution in [0.5, 0.6) is 0 Å². The number of hydrogen-bond donors (Lipinski definition) is 1. The van der Waals surface area contributed by atoms with Gasteiger partial charge in [-0.25, -0.2) is 0 Å². The molecule has 9 heteroatoms. The van der Waals surface area contributed by atoms with Gasteiger partial charge in [-0.05, 0) is 30.2 Å². The van der Waals surface area contributed by atoms with Crippen LogP contribution in [0.3, 0.4) is 0 Å². The van der Waals surface area contributed by atoms with Crippen LogP contribution in [0.15, 0.2) is 47.5 Å². The molecule has 5 nitrogen and oxygen atoms in total. The second-order valence-corrected chi connectivity index (χ2v) is 9.29. The highest BCUT2D eigenvalue weighted by Crippen LogP contribution is 2.31. The van der Waals surface area contributed by atoms with Crippen LogP contribution < -0.4 is 5.32 Å². The summed E-state index contributed by atoms with van der Waals surface area (Å²) in [5, 5.41) is 15.1. The van der Waals surface area contributed by atoms with E-state index in [1.807, 2.05) is 4.57 Å². The molecule has 0 saturated carbocycles. The summed E-state index contributed by atoms with van der Waals surface area (Å²) in [4.78, 5) is 13.7. The quantitative estimate of drug-likeness (QED) is 0.310. The summed E-state index contributed by atoms with van der Waals surface area (Å²) in [6.07, 6.45) is 1.79. The number of thiophene rings is 1. The van der Waals surface area contributed by atoms with E-state index in [1.165, 1.54) is 16.6 Å². The van der Waals surface area contributed by atoms with Gasteiger partial charge >= 0.3 is 0 Å². The maximum absolute atomic E-state index is 12.4. The number of aromatic nitrogens is 3. The van der Waals surface area contributed by atoms with Gasteiger partial charge in [0.1, 0.15) is 0 Å². The van der Waals surface area contributed by atoms with Gasteiger partial charge in [0.2, 0.25) is 5.91 Å². The number of allylic oxidation sites excluding steroid dienone is 1. The van der Waals surface area contributed by atoms with E-state index in [9.17, 15) is 4.79 Å². The smallest absolute Gasteiger partial charge is 0.234 e. The summed E-state index contributed by atoms with van der Waals surface area (Å²) in [6.45, 7) is 8.70. The van der Waals surface area contributed by atoms with E-state index in [-0.39, 0.29) is 11.7 Å². The molecule has 0 fully saturated rings. The Morgan fingerprint density at radius 1 is 1.34 bits per heavy atom. The van der Waals surface area contributed by atoms with Crippen molar-refractivity contribution in [3.05, 3.63) is 57.2 Å². The number of nitrogens with zero attached hydrogens (tertiary/aromatic N) is 3. The SMILES string of the molecule is C=CCn1c(SCC(=O)Nc2cc(Cl)ccc2Cl)nnc1-c1csc(C(C)C)c1. The van der Waals surface area contributed by atoms with Crippen LogP contribution in [0.4, 0.5) is 5.69 Å². The van der Waals surface area contributed by atoms with Crippen molar-refractivity contribution in [3.8, 4) is 11.4 Å². The van der Waals surface area contributed by atoms with E-state index >= 15 is 0 Å². The zero-order chi connectivity index (χ0) is 21.0. The Hall–Kier alpha value is -1.80. The Bertz CT molecular complexity index is 1030. The van der Waals surface area contributed by atoms with Crippen molar-refractivity contribution in [2.45, 2.75) is 31.5 Å². The first kappa shape index (κ1) is 21.9. The molecule has 1 N–H and O–H groups in total. The maximum atomic E-state index is 12.4. The molecule has 0 unspecified atom stereocenters. The molecule has 2 heterocycles. The molecule has 152 valence electrons. The standard InChI is InChI=1S/C20H20Cl2N4OS2/c1-4-7-26-19(13-8-17(12(2)3)28-10-13)24-25-20(26)29-11-18(27)23-16-9-14(21)5-6-15(16)22/h4-6,8-10,12H,1,7,11H2,2-3H3,(H,23,27). The van der Waals surface area contributed by atoms with Crippen molar-refractivity contribution in [2.24, 2.45) is 0 Å². The second kappa shape index (κ2) is 9.80. The molecule has 0 aliphatic carbocycles. The van der Waals surface area contributed by atoms with Crippen LogP contribution >= 0.6 is 46.3 Å². The predicted molar refractivity (Wildman–Crippen MR) is 123 cm³/mol. The van der Waals surface area contributed by atoms with E-state index in [1.54, 1.807) is 35.6 Å². The van der Waals surface area contributed by atoms with Gasteiger partial charge in [-0.1, -0.05) is 54.9 Å². The highest BCUT2D eigenvalue weighted by Gasteiger charge is 2.17. The third-order valence-electron chi connectivity index (χ3n) is 4.01. The number of amides is 1. The van der Waals surface area contributed by atoms with Gasteiger partial charge in [0.15, 0.2) is 11.0 Å². The third kappa shape index (κ3) is 5.42. The van der Waals surface area contributed by atoms with Crippen molar-refractivity contribution < 1.29 is 4.79 Å². The van der Waals surface area contributed by atoms with Crippen molar-refractivity contribution in [3.63, 3.8) is 0 Å². The van der Waals surface area contributed by atoms with Gasteiger partial charge < -0.3 is 5.32 Å². The molecule has 2 aromatic heterocycles. The molecule has 1 amide bonds. The molecule has 0 aliphatic rings. The first-order valence-corrected chi connectivity index (χ1v) is 11.5. The molecule has 0 bridgehead atoms. The normalized spacial score (nSPS) is 11.1. The molecule has 29 heavy (non-hydrogen) atoms. The molecule has 0 saturated heterocycles. The average molecular weight is 467 g/mol. The van der Waals surface area contributed by atoms with Gasteiger partial charge in [-0.15, -0.1) is 28.1 Å². The number of carbonyl (C=O) groups is 1.